The second-order valence-electron chi connectivity index (χ2n) is 4.82. The van der Waals surface area contributed by atoms with E-state index in [4.69, 9.17) is 9.47 Å². The highest BCUT2D eigenvalue weighted by Gasteiger charge is 2.18. The first-order chi connectivity index (χ1) is 8.76. The van der Waals surface area contributed by atoms with Crippen molar-refractivity contribution >= 4 is 18.1 Å². The lowest BCUT2D eigenvalue weighted by molar-refractivity contribution is 0.0635. The Balaban J connectivity index is 2.98. The molecule has 0 aliphatic carbocycles. The molecule has 1 aromatic carbocycles. The van der Waals surface area contributed by atoms with Gasteiger partial charge in [-0.3, -0.25) is 10.1 Å². The van der Waals surface area contributed by atoms with Crippen LogP contribution in [0, 0.1) is 5.82 Å². The molecule has 19 heavy (non-hydrogen) atoms. The Kier molecular flexibility index (Phi) is 4.47. The Morgan fingerprint density at radius 3 is 2.47 bits per heavy atom. The SMILES string of the molecule is COc1cc(C=O)c(F)cc1NC(=O)OC(C)(C)C. The third kappa shape index (κ3) is 4.24. The van der Waals surface area contributed by atoms with Gasteiger partial charge in [-0.05, 0) is 26.8 Å². The van der Waals surface area contributed by atoms with Crippen LogP contribution in [0.4, 0.5) is 14.9 Å². The molecule has 6 heteroatoms. The molecule has 0 bridgehead atoms. The molecule has 1 amide bonds. The number of benzene rings is 1. The maximum Gasteiger partial charge on any atom is 0.412 e. The minimum absolute atomic E-state index is 0.0971. The van der Waals surface area contributed by atoms with E-state index in [1.807, 2.05) is 0 Å². The second-order valence-corrected chi connectivity index (χ2v) is 4.82. The van der Waals surface area contributed by atoms with Gasteiger partial charge in [-0.25, -0.2) is 9.18 Å². The van der Waals surface area contributed by atoms with Crippen molar-refractivity contribution in [3.8, 4) is 5.75 Å². The van der Waals surface area contributed by atoms with Gasteiger partial charge < -0.3 is 9.47 Å². The number of aldehydes is 1. The number of hydrogen-bond acceptors (Lipinski definition) is 4. The smallest absolute Gasteiger partial charge is 0.412 e. The fourth-order valence-electron chi connectivity index (χ4n) is 1.34. The summed E-state index contributed by atoms with van der Waals surface area (Å²) in [6.45, 7) is 5.12. The van der Waals surface area contributed by atoms with E-state index in [0.29, 0.717) is 6.29 Å². The average molecular weight is 269 g/mol. The lowest BCUT2D eigenvalue weighted by Gasteiger charge is -2.20. The molecule has 0 aliphatic rings. The van der Waals surface area contributed by atoms with Gasteiger partial charge in [-0.15, -0.1) is 0 Å². The monoisotopic (exact) mass is 269 g/mol. The predicted molar refractivity (Wildman–Crippen MR) is 68.2 cm³/mol. The van der Waals surface area contributed by atoms with E-state index in [9.17, 15) is 14.0 Å². The van der Waals surface area contributed by atoms with Crippen LogP contribution in [0.5, 0.6) is 5.75 Å². The molecule has 1 aromatic rings. The van der Waals surface area contributed by atoms with Crippen molar-refractivity contribution in [1.82, 2.24) is 0 Å². The Bertz CT molecular complexity index is 494. The molecule has 0 aromatic heterocycles. The summed E-state index contributed by atoms with van der Waals surface area (Å²) < 4.78 is 23.5. The Hall–Kier alpha value is -2.11. The van der Waals surface area contributed by atoms with Crippen LogP contribution in [0.15, 0.2) is 12.1 Å². The number of ether oxygens (including phenoxy) is 2. The number of methoxy groups -OCH3 is 1. The normalized spacial score (nSPS) is 10.8. The van der Waals surface area contributed by atoms with Gasteiger partial charge in [0.15, 0.2) is 6.29 Å². The molecule has 1 rings (SSSR count). The van der Waals surface area contributed by atoms with E-state index in [0.717, 1.165) is 6.07 Å². The van der Waals surface area contributed by atoms with Gasteiger partial charge in [0.2, 0.25) is 0 Å². The zero-order valence-electron chi connectivity index (χ0n) is 11.2. The van der Waals surface area contributed by atoms with Crippen molar-refractivity contribution < 1.29 is 23.5 Å². The number of amides is 1. The molecule has 1 N–H and O–H groups in total. The molecule has 0 aliphatic heterocycles. The van der Waals surface area contributed by atoms with Gasteiger partial charge >= 0.3 is 6.09 Å². The van der Waals surface area contributed by atoms with Crippen LogP contribution in [0.25, 0.3) is 0 Å². The van der Waals surface area contributed by atoms with E-state index >= 15 is 0 Å². The summed E-state index contributed by atoms with van der Waals surface area (Å²) in [7, 11) is 1.35. The summed E-state index contributed by atoms with van der Waals surface area (Å²) in [6, 6.07) is 2.21. The number of halogens is 1. The minimum atomic E-state index is -0.748. The molecular formula is C13H16FNO4. The number of anilines is 1. The molecular weight excluding hydrogens is 253 g/mol. The van der Waals surface area contributed by atoms with E-state index in [1.54, 1.807) is 20.8 Å². The van der Waals surface area contributed by atoms with Gasteiger partial charge in [-0.2, -0.15) is 0 Å². The first-order valence-corrected chi connectivity index (χ1v) is 5.59. The highest BCUT2D eigenvalue weighted by atomic mass is 19.1. The lowest BCUT2D eigenvalue weighted by atomic mass is 10.2. The fourth-order valence-corrected chi connectivity index (χ4v) is 1.34. The summed E-state index contributed by atoms with van der Waals surface area (Å²) in [4.78, 5) is 22.2. The number of rotatable bonds is 3. The summed E-state index contributed by atoms with van der Waals surface area (Å²) in [6.07, 6.45) is -0.362. The zero-order valence-corrected chi connectivity index (χ0v) is 11.2. The molecule has 0 saturated carbocycles. The first kappa shape index (κ1) is 14.9. The van der Waals surface area contributed by atoms with Crippen molar-refractivity contribution in [3.63, 3.8) is 0 Å². The average Bonchev–Trinajstić information content (AvgIpc) is 2.26. The van der Waals surface area contributed by atoms with Crippen molar-refractivity contribution in [2.45, 2.75) is 26.4 Å². The maximum atomic E-state index is 13.5. The summed E-state index contributed by atoms with van der Waals surface area (Å²) in [5.74, 6) is -0.573. The Morgan fingerprint density at radius 1 is 1.37 bits per heavy atom. The van der Waals surface area contributed by atoms with E-state index in [1.165, 1.54) is 13.2 Å². The first-order valence-electron chi connectivity index (χ1n) is 5.59. The molecule has 0 unspecified atom stereocenters. The Labute approximate surface area is 110 Å². The molecule has 104 valence electrons. The van der Waals surface area contributed by atoms with Crippen LogP contribution in [-0.4, -0.2) is 25.1 Å². The molecule has 0 saturated heterocycles. The van der Waals surface area contributed by atoms with E-state index < -0.39 is 17.5 Å². The van der Waals surface area contributed by atoms with Gasteiger partial charge in [0.25, 0.3) is 0 Å². The molecule has 0 spiro atoms. The predicted octanol–water partition coefficient (Wildman–Crippen LogP) is 2.99. The third-order valence-corrected chi connectivity index (χ3v) is 2.08. The van der Waals surface area contributed by atoms with Crippen LogP contribution >= 0.6 is 0 Å². The molecule has 0 radical (unpaired) electrons. The Morgan fingerprint density at radius 2 is 2.00 bits per heavy atom. The number of carbonyl (C=O) groups excluding carboxylic acids is 2. The second kappa shape index (κ2) is 5.69. The van der Waals surface area contributed by atoms with Crippen LogP contribution in [0.2, 0.25) is 0 Å². The summed E-state index contributed by atoms with van der Waals surface area (Å²) >= 11 is 0. The highest BCUT2D eigenvalue weighted by molar-refractivity contribution is 5.88. The van der Waals surface area contributed by atoms with E-state index in [2.05, 4.69) is 5.32 Å². The standard InChI is InChI=1S/C13H16FNO4/c1-13(2,3)19-12(17)15-10-6-9(14)8(7-16)5-11(10)18-4/h5-7H,1-4H3,(H,15,17). The van der Waals surface area contributed by atoms with Gasteiger partial charge in [0.1, 0.15) is 17.2 Å². The molecule has 0 atom stereocenters. The van der Waals surface area contributed by atoms with Crippen LogP contribution < -0.4 is 10.1 Å². The molecule has 0 heterocycles. The quantitative estimate of drug-likeness (QED) is 0.857. The van der Waals surface area contributed by atoms with Crippen molar-refractivity contribution in [2.24, 2.45) is 0 Å². The zero-order chi connectivity index (χ0) is 14.6. The third-order valence-electron chi connectivity index (χ3n) is 2.08. The van der Waals surface area contributed by atoms with E-state index in [-0.39, 0.29) is 17.0 Å². The summed E-state index contributed by atoms with van der Waals surface area (Å²) in [5.41, 5.74) is -0.718. The number of hydrogen-bond donors (Lipinski definition) is 1. The van der Waals surface area contributed by atoms with Crippen molar-refractivity contribution in [1.29, 1.82) is 0 Å². The van der Waals surface area contributed by atoms with Crippen LogP contribution in [0.1, 0.15) is 31.1 Å². The highest BCUT2D eigenvalue weighted by Crippen LogP contribution is 2.27. The maximum absolute atomic E-state index is 13.5. The fraction of sp³-hybridized carbons (Fsp3) is 0.385. The molecule has 5 nitrogen and oxygen atoms in total. The van der Waals surface area contributed by atoms with Crippen molar-refractivity contribution in [2.75, 3.05) is 12.4 Å². The number of carbonyl (C=O) groups is 2. The topological polar surface area (TPSA) is 64.6 Å². The van der Waals surface area contributed by atoms with Crippen molar-refractivity contribution in [3.05, 3.63) is 23.5 Å². The number of nitrogens with one attached hydrogen (secondary N) is 1. The minimum Gasteiger partial charge on any atom is -0.495 e. The van der Waals surface area contributed by atoms with Crippen LogP contribution in [-0.2, 0) is 4.74 Å². The lowest BCUT2D eigenvalue weighted by Crippen LogP contribution is -2.27. The molecule has 0 fully saturated rings. The summed E-state index contributed by atoms with van der Waals surface area (Å²) in [5, 5.41) is 2.37. The van der Waals surface area contributed by atoms with Gasteiger partial charge in [0.05, 0.1) is 18.4 Å². The van der Waals surface area contributed by atoms with Gasteiger partial charge in [-0.1, -0.05) is 0 Å². The largest absolute Gasteiger partial charge is 0.495 e. The van der Waals surface area contributed by atoms with Crippen LogP contribution in [0.3, 0.4) is 0 Å². The van der Waals surface area contributed by atoms with Gasteiger partial charge in [0, 0.05) is 6.07 Å².